The van der Waals surface area contributed by atoms with Gasteiger partial charge in [-0.2, -0.15) is 18.2 Å². The molecule has 0 saturated heterocycles. The molecule has 0 unspecified atom stereocenters. The molecule has 0 bridgehead atoms. The van der Waals surface area contributed by atoms with Gasteiger partial charge in [-0.25, -0.2) is 12.1 Å². The second-order valence-corrected chi connectivity index (χ2v) is 3.77. The molecule has 0 fully saturated rings. The van der Waals surface area contributed by atoms with Gasteiger partial charge in [-0.1, -0.05) is 12.1 Å². The Morgan fingerprint density at radius 1 is 0.778 bits per heavy atom. The Labute approximate surface area is 183 Å². The van der Waals surface area contributed by atoms with Crippen LogP contribution in [-0.2, 0) is 21.7 Å². The third kappa shape index (κ3) is 16.3. The van der Waals surface area contributed by atoms with Crippen LogP contribution in [0.25, 0.3) is 10.9 Å². The zero-order valence-electron chi connectivity index (χ0n) is 18.1. The molecule has 0 spiro atoms. The summed E-state index contributed by atoms with van der Waals surface area (Å²) >= 11 is 0. The second-order valence-electron chi connectivity index (χ2n) is 3.77. The number of aliphatic hydroxyl groups is 2. The summed E-state index contributed by atoms with van der Waals surface area (Å²) in [7, 11) is 2.00. The van der Waals surface area contributed by atoms with Crippen LogP contribution in [-0.4, -0.2) is 34.5 Å². The number of aliphatic hydroxyl groups excluding tert-OH is 2. The Morgan fingerprint density at radius 3 is 1.63 bits per heavy atom. The number of para-hydroxylation sites is 1. The van der Waals surface area contributed by atoms with E-state index in [-0.39, 0.29) is 58.9 Å². The molecular weight excluding hydrogens is 374 g/mol. The molecule has 0 aliphatic rings. The number of nitrogens with zero attached hydrogens (tertiary/aromatic N) is 1. The van der Waals surface area contributed by atoms with Crippen molar-refractivity contribution in [2.45, 2.75) is 6.92 Å². The van der Waals surface area contributed by atoms with E-state index in [4.69, 9.17) is 10.2 Å². The number of hydrogen-bond donors (Lipinski definition) is 3. The predicted octanol–water partition coefficient (Wildman–Crippen LogP) is 5.12. The van der Waals surface area contributed by atoms with E-state index in [1.165, 1.54) is 0 Å². The van der Waals surface area contributed by atoms with Crippen molar-refractivity contribution < 1.29 is 37.0 Å². The maximum Gasteiger partial charge on any atom is 0.129 e. The summed E-state index contributed by atoms with van der Waals surface area (Å²) in [6.07, 6.45) is 1.68. The van der Waals surface area contributed by atoms with E-state index in [0.29, 0.717) is 5.75 Å². The van der Waals surface area contributed by atoms with Crippen molar-refractivity contribution in [1.82, 2.24) is 4.98 Å². The maximum atomic E-state index is 9.62. The van der Waals surface area contributed by atoms with Gasteiger partial charge < -0.3 is 52.5 Å². The fraction of sp³-hybridized carbons (Fsp3) is 0.136. The van der Waals surface area contributed by atoms with Gasteiger partial charge in [-0.05, 0) is 19.1 Å². The van der Waals surface area contributed by atoms with E-state index >= 15 is 0 Å². The van der Waals surface area contributed by atoms with Gasteiger partial charge >= 0.3 is 0 Å². The first-order valence-electron chi connectivity index (χ1n) is 6.38. The van der Waals surface area contributed by atoms with Crippen LogP contribution in [0.5, 0.6) is 5.75 Å². The smallest absolute Gasteiger partial charge is 0.129 e. The van der Waals surface area contributed by atoms with Gasteiger partial charge in [0.15, 0.2) is 0 Å². The monoisotopic (exact) mass is 411 g/mol. The van der Waals surface area contributed by atoms with Gasteiger partial charge in [0.25, 0.3) is 0 Å². The molecule has 1 heterocycles. The molecule has 0 amide bonds. The zero-order chi connectivity index (χ0) is 16.1. The summed E-state index contributed by atoms with van der Waals surface area (Å²) in [5.41, 5.74) is 1.65. The van der Waals surface area contributed by atoms with E-state index in [1.54, 1.807) is 6.20 Å². The van der Waals surface area contributed by atoms with Crippen LogP contribution in [0.4, 0.5) is 0 Å². The van der Waals surface area contributed by atoms with Crippen LogP contribution in [0.3, 0.4) is 0 Å². The number of aromatic hydroxyl groups is 1. The third-order valence-electron chi connectivity index (χ3n) is 2.49. The minimum atomic E-state index is 0. The maximum absolute atomic E-state index is 9.62. The summed E-state index contributed by atoms with van der Waals surface area (Å²) in [4.78, 5) is 4.18. The normalized spacial score (nSPS) is 6.56. The van der Waals surface area contributed by atoms with E-state index in [0.717, 1.165) is 30.7 Å². The minimum absolute atomic E-state index is 0. The SMILES string of the molecule is CO.CO.Cc1cnc2ccccc2c1O.[CH3-].[CH3-].[CH3-].[CH3-].[CH3-].[Ti].c1cc[cH-]c1. The summed E-state index contributed by atoms with van der Waals surface area (Å²) in [5.74, 6) is 0.334. The Morgan fingerprint density at radius 2 is 1.22 bits per heavy atom. The molecule has 27 heavy (non-hydrogen) atoms. The average molecular weight is 411 g/mol. The van der Waals surface area contributed by atoms with Gasteiger partial charge in [0.2, 0.25) is 0 Å². The average Bonchev–Trinajstić information content (AvgIpc) is 3.15. The summed E-state index contributed by atoms with van der Waals surface area (Å²) in [6, 6.07) is 17.5. The Balaban J connectivity index is -0.0000000470. The quantitative estimate of drug-likeness (QED) is 0.355. The first kappa shape index (κ1) is 44.7. The molecule has 3 rings (SSSR count). The van der Waals surface area contributed by atoms with Gasteiger partial charge in [-0.15, -0.1) is 0 Å². The molecule has 1 aromatic heterocycles. The van der Waals surface area contributed by atoms with E-state index in [1.807, 2.05) is 61.5 Å². The Bertz CT molecular complexity index is 582. The van der Waals surface area contributed by atoms with Crippen molar-refractivity contribution in [2.75, 3.05) is 14.2 Å². The van der Waals surface area contributed by atoms with Crippen molar-refractivity contribution in [3.8, 4) is 5.75 Å². The van der Waals surface area contributed by atoms with Crippen LogP contribution < -0.4 is 0 Å². The topological polar surface area (TPSA) is 73.6 Å². The fourth-order valence-corrected chi connectivity index (χ4v) is 1.55. The standard InChI is InChI=1S/C10H9NO.C5H5.2CH4O.5CH3.Ti/c1-7-6-11-9-5-3-2-4-8(9)10(7)12;1-2-4-5-3-1;2*1-2;;;;;;/h2-6H,1H3,(H,11,12);1-5H;2*2H,1H3;5*1H3;/q;-1;;;5*-1;. The van der Waals surface area contributed by atoms with E-state index in [2.05, 4.69) is 4.98 Å². The molecular formula is C22H37NO3Ti-6. The Hall–Kier alpha value is -1.59. The number of pyridine rings is 1. The van der Waals surface area contributed by atoms with Crippen LogP contribution in [0.1, 0.15) is 5.56 Å². The molecule has 0 aliphatic heterocycles. The van der Waals surface area contributed by atoms with Crippen molar-refractivity contribution >= 4 is 10.9 Å². The molecule has 3 N–H and O–H groups in total. The first-order chi connectivity index (χ1) is 10.3. The minimum Gasteiger partial charge on any atom is -0.507 e. The molecule has 2 aromatic carbocycles. The largest absolute Gasteiger partial charge is 0.507 e. The molecule has 0 saturated carbocycles. The predicted molar refractivity (Wildman–Crippen MR) is 119 cm³/mol. The number of rotatable bonds is 0. The van der Waals surface area contributed by atoms with Gasteiger partial charge in [0, 0.05) is 53.1 Å². The second kappa shape index (κ2) is 29.2. The zero-order valence-corrected chi connectivity index (χ0v) is 19.6. The van der Waals surface area contributed by atoms with Gasteiger partial charge in [0.05, 0.1) is 5.52 Å². The number of aromatic nitrogens is 1. The van der Waals surface area contributed by atoms with Crippen molar-refractivity contribution in [2.24, 2.45) is 0 Å². The van der Waals surface area contributed by atoms with Crippen molar-refractivity contribution in [3.05, 3.63) is 103 Å². The van der Waals surface area contributed by atoms with Crippen LogP contribution >= 0.6 is 0 Å². The molecule has 5 heteroatoms. The summed E-state index contributed by atoms with van der Waals surface area (Å²) < 4.78 is 0. The van der Waals surface area contributed by atoms with Crippen LogP contribution in [0.2, 0.25) is 0 Å². The van der Waals surface area contributed by atoms with Gasteiger partial charge in [-0.3, -0.25) is 4.98 Å². The first-order valence-corrected chi connectivity index (χ1v) is 6.38. The molecule has 158 valence electrons. The summed E-state index contributed by atoms with van der Waals surface area (Å²) in [5, 5.41) is 24.4. The number of aryl methyl sites for hydroxylation is 1. The summed E-state index contributed by atoms with van der Waals surface area (Å²) in [6.45, 7) is 1.84. The van der Waals surface area contributed by atoms with E-state index in [9.17, 15) is 5.11 Å². The van der Waals surface area contributed by atoms with Gasteiger partial charge in [0.1, 0.15) is 5.75 Å². The van der Waals surface area contributed by atoms with Crippen molar-refractivity contribution in [1.29, 1.82) is 0 Å². The van der Waals surface area contributed by atoms with Crippen LogP contribution in [0.15, 0.2) is 60.8 Å². The Kier molecular flexibility index (Phi) is 48.3. The van der Waals surface area contributed by atoms with Crippen LogP contribution in [0, 0.1) is 44.1 Å². The molecule has 0 aliphatic carbocycles. The molecule has 3 aromatic rings. The number of benzene rings is 1. The van der Waals surface area contributed by atoms with Crippen molar-refractivity contribution in [3.63, 3.8) is 0 Å². The molecule has 4 nitrogen and oxygen atoms in total. The number of hydrogen-bond acceptors (Lipinski definition) is 4. The fourth-order valence-electron chi connectivity index (χ4n) is 1.55. The third-order valence-corrected chi connectivity index (χ3v) is 2.49. The molecule has 0 radical (unpaired) electrons. The van der Waals surface area contributed by atoms with E-state index < -0.39 is 0 Å². The number of fused-ring (bicyclic) bond motifs is 1. The molecule has 0 atom stereocenters.